The molecule has 0 aromatic rings. The molecule has 0 aromatic heterocycles. The van der Waals surface area contributed by atoms with Crippen LogP contribution in [0, 0.1) is 0 Å². The molecule has 0 aliphatic heterocycles. The molecule has 0 atom stereocenters. The van der Waals surface area contributed by atoms with Crippen LogP contribution in [-0.2, 0) is 0 Å². The van der Waals surface area contributed by atoms with Gasteiger partial charge < -0.3 is 0 Å². The Kier molecular flexibility index (Phi) is 3.09. The van der Waals surface area contributed by atoms with Gasteiger partial charge in [0.05, 0.1) is 0 Å². The van der Waals surface area contributed by atoms with Gasteiger partial charge >= 0.3 is 0 Å². The van der Waals surface area contributed by atoms with Crippen molar-refractivity contribution in [2.45, 2.75) is 26.3 Å². The standard InChI is InChI=1S/C7H15N3/c1-5-9-6-10(8)7(2,3)4/h5-6H,1,8H2,2-4H3. The van der Waals surface area contributed by atoms with Gasteiger partial charge in [-0.3, -0.25) is 5.01 Å². The molecule has 58 valence electrons. The average molecular weight is 141 g/mol. The third kappa shape index (κ3) is 3.25. The topological polar surface area (TPSA) is 41.6 Å². The number of hydrogen-bond donors (Lipinski definition) is 1. The number of nitrogens with zero attached hydrogens (tertiary/aromatic N) is 2. The summed E-state index contributed by atoms with van der Waals surface area (Å²) in [6.45, 7) is 9.44. The molecule has 0 unspecified atom stereocenters. The molecule has 0 aliphatic rings. The van der Waals surface area contributed by atoms with Gasteiger partial charge in [0, 0.05) is 11.7 Å². The highest BCUT2D eigenvalue weighted by atomic mass is 15.4. The summed E-state index contributed by atoms with van der Waals surface area (Å²) in [5.74, 6) is 5.57. The van der Waals surface area contributed by atoms with Gasteiger partial charge in [-0.2, -0.15) is 0 Å². The van der Waals surface area contributed by atoms with E-state index in [9.17, 15) is 0 Å². The molecule has 0 fully saturated rings. The molecule has 0 heterocycles. The van der Waals surface area contributed by atoms with E-state index in [2.05, 4.69) is 11.6 Å². The molecule has 0 aliphatic carbocycles. The first-order chi connectivity index (χ1) is 4.48. The molecule has 0 bridgehead atoms. The van der Waals surface area contributed by atoms with Gasteiger partial charge in [0.25, 0.3) is 0 Å². The zero-order chi connectivity index (χ0) is 8.20. The third-order valence-corrected chi connectivity index (χ3v) is 1.07. The second-order valence-corrected chi connectivity index (χ2v) is 3.03. The van der Waals surface area contributed by atoms with Crippen LogP contribution >= 0.6 is 0 Å². The Labute approximate surface area is 62.2 Å². The quantitative estimate of drug-likeness (QED) is 0.271. The van der Waals surface area contributed by atoms with Crippen LogP contribution in [0.15, 0.2) is 17.8 Å². The SMILES string of the molecule is C=CN=CN(N)C(C)(C)C. The normalized spacial score (nSPS) is 12.0. The third-order valence-electron chi connectivity index (χ3n) is 1.07. The zero-order valence-electron chi connectivity index (χ0n) is 6.83. The molecule has 0 rings (SSSR count). The number of hydrogen-bond acceptors (Lipinski definition) is 2. The predicted octanol–water partition coefficient (Wildman–Crippen LogP) is 1.13. The monoisotopic (exact) mass is 141 g/mol. The molecule has 2 N–H and O–H groups in total. The molecule has 0 radical (unpaired) electrons. The molecule has 0 saturated carbocycles. The molecule has 0 amide bonds. The summed E-state index contributed by atoms with van der Waals surface area (Å²) in [5.41, 5.74) is -0.0769. The summed E-state index contributed by atoms with van der Waals surface area (Å²) < 4.78 is 0. The maximum atomic E-state index is 5.57. The lowest BCUT2D eigenvalue weighted by Gasteiger charge is -2.28. The van der Waals surface area contributed by atoms with E-state index in [0.29, 0.717) is 0 Å². The Bertz CT molecular complexity index is 132. The lowest BCUT2D eigenvalue weighted by Crippen LogP contribution is -2.45. The van der Waals surface area contributed by atoms with Crippen molar-refractivity contribution < 1.29 is 0 Å². The second-order valence-electron chi connectivity index (χ2n) is 3.03. The van der Waals surface area contributed by atoms with E-state index in [-0.39, 0.29) is 5.54 Å². The number of nitrogens with two attached hydrogens (primary N) is 1. The van der Waals surface area contributed by atoms with Crippen molar-refractivity contribution in [3.63, 3.8) is 0 Å². The summed E-state index contributed by atoms with van der Waals surface area (Å²) in [6, 6.07) is 0. The van der Waals surface area contributed by atoms with Crippen molar-refractivity contribution in [3.8, 4) is 0 Å². The lowest BCUT2D eigenvalue weighted by molar-refractivity contribution is 0.251. The fourth-order valence-corrected chi connectivity index (χ4v) is 0.292. The van der Waals surface area contributed by atoms with Crippen LogP contribution in [0.2, 0.25) is 0 Å². The fraction of sp³-hybridized carbons (Fsp3) is 0.571. The number of aliphatic imine (C=N–C) groups is 1. The van der Waals surface area contributed by atoms with E-state index in [1.54, 1.807) is 6.34 Å². The Morgan fingerprint density at radius 3 is 2.30 bits per heavy atom. The summed E-state index contributed by atoms with van der Waals surface area (Å²) in [7, 11) is 0. The van der Waals surface area contributed by atoms with Gasteiger partial charge in [-0.1, -0.05) is 6.58 Å². The van der Waals surface area contributed by atoms with Crippen molar-refractivity contribution >= 4 is 6.34 Å². The summed E-state index contributed by atoms with van der Waals surface area (Å²) >= 11 is 0. The van der Waals surface area contributed by atoms with Crippen molar-refractivity contribution in [1.82, 2.24) is 5.01 Å². The summed E-state index contributed by atoms with van der Waals surface area (Å²) in [4.78, 5) is 3.78. The van der Waals surface area contributed by atoms with Gasteiger partial charge in [-0.25, -0.2) is 10.8 Å². The maximum absolute atomic E-state index is 5.57. The molecule has 10 heavy (non-hydrogen) atoms. The van der Waals surface area contributed by atoms with Crippen LogP contribution in [0.3, 0.4) is 0 Å². The van der Waals surface area contributed by atoms with Crippen molar-refractivity contribution in [1.29, 1.82) is 0 Å². The van der Waals surface area contributed by atoms with Gasteiger partial charge in [-0.05, 0) is 20.8 Å². The van der Waals surface area contributed by atoms with Crippen LogP contribution in [-0.4, -0.2) is 16.9 Å². The van der Waals surface area contributed by atoms with Crippen LogP contribution < -0.4 is 5.84 Å². The minimum Gasteiger partial charge on any atom is -0.296 e. The van der Waals surface area contributed by atoms with E-state index in [1.165, 1.54) is 11.2 Å². The highest BCUT2D eigenvalue weighted by molar-refractivity contribution is 5.55. The van der Waals surface area contributed by atoms with E-state index < -0.39 is 0 Å². The predicted molar refractivity (Wildman–Crippen MR) is 44.5 cm³/mol. The highest BCUT2D eigenvalue weighted by Crippen LogP contribution is 2.04. The number of hydrazine groups is 1. The van der Waals surface area contributed by atoms with E-state index in [4.69, 9.17) is 5.84 Å². The smallest absolute Gasteiger partial charge is 0.105 e. The zero-order valence-corrected chi connectivity index (χ0v) is 6.83. The highest BCUT2D eigenvalue weighted by Gasteiger charge is 2.13. The van der Waals surface area contributed by atoms with Crippen LogP contribution in [0.5, 0.6) is 0 Å². The van der Waals surface area contributed by atoms with Gasteiger partial charge in [0.1, 0.15) is 6.34 Å². The number of rotatable bonds is 2. The first-order valence-corrected chi connectivity index (χ1v) is 3.16. The Morgan fingerprint density at radius 1 is 1.50 bits per heavy atom. The van der Waals surface area contributed by atoms with E-state index in [1.807, 2.05) is 20.8 Å². The van der Waals surface area contributed by atoms with Crippen molar-refractivity contribution in [2.24, 2.45) is 10.8 Å². The molecule has 0 saturated heterocycles. The molecule has 0 aromatic carbocycles. The van der Waals surface area contributed by atoms with Crippen molar-refractivity contribution in [2.75, 3.05) is 0 Å². The van der Waals surface area contributed by atoms with Gasteiger partial charge in [-0.15, -0.1) is 0 Å². The Hall–Kier alpha value is -0.830. The second kappa shape index (κ2) is 3.37. The largest absolute Gasteiger partial charge is 0.296 e. The van der Waals surface area contributed by atoms with Crippen LogP contribution in [0.25, 0.3) is 0 Å². The minimum atomic E-state index is -0.0769. The molecule has 3 heteroatoms. The Morgan fingerprint density at radius 2 is 2.00 bits per heavy atom. The summed E-state index contributed by atoms with van der Waals surface area (Å²) in [5, 5.41) is 1.54. The fourth-order valence-electron chi connectivity index (χ4n) is 0.292. The van der Waals surface area contributed by atoms with Crippen LogP contribution in [0.1, 0.15) is 20.8 Å². The average Bonchev–Trinajstić information content (AvgIpc) is 1.80. The van der Waals surface area contributed by atoms with E-state index in [0.717, 1.165) is 0 Å². The molecular weight excluding hydrogens is 126 g/mol. The van der Waals surface area contributed by atoms with Crippen LogP contribution in [0.4, 0.5) is 0 Å². The summed E-state index contributed by atoms with van der Waals surface area (Å²) in [6.07, 6.45) is 3.00. The maximum Gasteiger partial charge on any atom is 0.105 e. The first-order valence-electron chi connectivity index (χ1n) is 3.16. The van der Waals surface area contributed by atoms with Crippen molar-refractivity contribution in [3.05, 3.63) is 12.8 Å². The molecule has 3 nitrogen and oxygen atoms in total. The minimum absolute atomic E-state index is 0.0769. The first kappa shape index (κ1) is 9.17. The van der Waals surface area contributed by atoms with E-state index >= 15 is 0 Å². The van der Waals surface area contributed by atoms with Gasteiger partial charge in [0.2, 0.25) is 0 Å². The van der Waals surface area contributed by atoms with Gasteiger partial charge in [0.15, 0.2) is 0 Å². The Balaban J connectivity index is 3.96. The molecule has 0 spiro atoms. The molecular formula is C7H15N3. The lowest BCUT2D eigenvalue weighted by atomic mass is 10.1.